The van der Waals surface area contributed by atoms with Crippen molar-refractivity contribution in [1.82, 2.24) is 9.97 Å². The molecule has 0 N–H and O–H groups in total. The average molecular weight is 651 g/mol. The van der Waals surface area contributed by atoms with E-state index in [-0.39, 0.29) is 50.1 Å². The van der Waals surface area contributed by atoms with Gasteiger partial charge in [0, 0.05) is 37.2 Å². The molecule has 1 fully saturated rings. The third-order valence-corrected chi connectivity index (χ3v) is 7.07. The van der Waals surface area contributed by atoms with E-state index >= 15 is 0 Å². The summed E-state index contributed by atoms with van der Waals surface area (Å²) in [6, 6.07) is 29.9. The van der Waals surface area contributed by atoms with Crippen molar-refractivity contribution in [2.24, 2.45) is 0 Å². The van der Waals surface area contributed by atoms with E-state index in [1.54, 1.807) is 17.4 Å². The fourth-order valence-electron chi connectivity index (χ4n) is 4.00. The zero-order valence-electron chi connectivity index (χ0n) is 22.6. The van der Waals surface area contributed by atoms with E-state index < -0.39 is 0 Å². The number of fused-ring (bicyclic) bond motifs is 3. The standard InChI is InChI=1S/C17H10NS.C14H12N.Ir/c1-2-10-16-12(6-1)13-7-5-8-14(17(13)19-16)15-9-3-4-11-18-15;1-2-10-15-14(3-1)13-8-6-12(7-9-13)11-4-5-11;/h1-7,9-11H;1-3,6-8,10-11H,4-5H2;/q2*-1;/i3D,4D,9D,11D;;. The minimum atomic E-state index is -0.317. The van der Waals surface area contributed by atoms with Gasteiger partial charge >= 0.3 is 0 Å². The Morgan fingerprint density at radius 2 is 1.74 bits per heavy atom. The molecule has 0 bridgehead atoms. The second-order valence-corrected chi connectivity index (χ2v) is 9.22. The second-order valence-electron chi connectivity index (χ2n) is 8.17. The van der Waals surface area contributed by atoms with Crippen molar-refractivity contribution in [2.75, 3.05) is 0 Å². The normalized spacial score (nSPS) is 14.2. The van der Waals surface area contributed by atoms with Gasteiger partial charge in [0.1, 0.15) is 0 Å². The van der Waals surface area contributed by atoms with Gasteiger partial charge in [-0.05, 0) is 39.6 Å². The van der Waals surface area contributed by atoms with Crippen molar-refractivity contribution in [3.8, 4) is 22.5 Å². The number of hydrogen-bond donors (Lipinski definition) is 0. The van der Waals surface area contributed by atoms with E-state index in [4.69, 9.17) is 5.48 Å². The molecular weight excluding hydrogens is 625 g/mol. The Hall–Kier alpha value is -3.17. The Balaban J connectivity index is 0.000000167. The number of hydrogen-bond acceptors (Lipinski definition) is 3. The van der Waals surface area contributed by atoms with Crippen LogP contribution in [-0.2, 0) is 20.1 Å². The predicted octanol–water partition coefficient (Wildman–Crippen LogP) is 8.34. The fraction of sp³-hybridized carbons (Fsp3) is 0.0968. The van der Waals surface area contributed by atoms with Crippen LogP contribution in [0.1, 0.15) is 29.8 Å². The molecule has 1 radical (unpaired) electrons. The Labute approximate surface area is 228 Å². The van der Waals surface area contributed by atoms with Crippen LogP contribution in [0.4, 0.5) is 0 Å². The van der Waals surface area contributed by atoms with Gasteiger partial charge in [-0.25, -0.2) is 0 Å². The average Bonchev–Trinajstić information content (AvgIpc) is 3.75. The molecule has 3 heterocycles. The number of rotatable bonds is 3. The predicted molar refractivity (Wildman–Crippen MR) is 142 cm³/mol. The first-order valence-corrected chi connectivity index (χ1v) is 12.0. The van der Waals surface area contributed by atoms with E-state index in [9.17, 15) is 0 Å². The summed E-state index contributed by atoms with van der Waals surface area (Å²) in [5.74, 6) is 0.805. The summed E-state index contributed by atoms with van der Waals surface area (Å²) in [6.07, 6.45) is 4.22. The molecule has 0 atom stereocenters. The summed E-state index contributed by atoms with van der Waals surface area (Å²) in [6.45, 7) is 0. The van der Waals surface area contributed by atoms with Gasteiger partial charge in [-0.1, -0.05) is 66.6 Å². The van der Waals surface area contributed by atoms with E-state index in [1.807, 2.05) is 54.7 Å². The summed E-state index contributed by atoms with van der Waals surface area (Å²) in [4.78, 5) is 8.38. The van der Waals surface area contributed by atoms with Gasteiger partial charge in [0.05, 0.1) is 5.48 Å². The molecule has 7 rings (SSSR count). The maximum Gasteiger partial charge on any atom is 0.0830 e. The molecule has 1 aliphatic carbocycles. The van der Waals surface area contributed by atoms with Crippen LogP contribution < -0.4 is 0 Å². The summed E-state index contributed by atoms with van der Waals surface area (Å²) in [7, 11) is 0. The van der Waals surface area contributed by atoms with Crippen LogP contribution in [-0.4, -0.2) is 9.97 Å². The minimum absolute atomic E-state index is 0. The van der Waals surface area contributed by atoms with Crippen molar-refractivity contribution in [3.63, 3.8) is 0 Å². The zero-order valence-corrected chi connectivity index (χ0v) is 21.8. The van der Waals surface area contributed by atoms with E-state index in [0.29, 0.717) is 5.56 Å². The van der Waals surface area contributed by atoms with Crippen LogP contribution in [0.15, 0.2) is 103 Å². The van der Waals surface area contributed by atoms with Crippen molar-refractivity contribution >= 4 is 31.5 Å². The first-order chi connectivity index (χ1) is 18.5. The fourth-order valence-corrected chi connectivity index (χ4v) is 5.20. The number of thiophene rings is 1. The van der Waals surface area contributed by atoms with Gasteiger partial charge < -0.3 is 9.97 Å². The molecule has 6 aromatic rings. The third-order valence-electron chi connectivity index (χ3n) is 5.87. The first kappa shape index (κ1) is 19.1. The number of pyridine rings is 2. The monoisotopic (exact) mass is 651 g/mol. The number of benzene rings is 3. The maximum atomic E-state index is 8.11. The summed E-state index contributed by atoms with van der Waals surface area (Å²) >= 11 is 1.58. The van der Waals surface area contributed by atoms with Crippen molar-refractivity contribution < 1.29 is 25.6 Å². The van der Waals surface area contributed by atoms with Crippen LogP contribution in [0.5, 0.6) is 0 Å². The Morgan fingerprint density at radius 1 is 0.857 bits per heavy atom. The molecule has 0 amide bonds. The molecule has 4 heteroatoms. The SMILES string of the molecule is [2H]c1nc(-c2[c-]ccc3c2sc2ccccc23)c([2H])c([2H])c1[2H].[Ir].[c-]1cc(C2CC2)ccc1-c1ccccn1. The largest absolute Gasteiger partial charge is 0.305 e. The minimum Gasteiger partial charge on any atom is -0.305 e. The first-order valence-electron chi connectivity index (χ1n) is 13.2. The van der Waals surface area contributed by atoms with Crippen molar-refractivity contribution in [3.05, 3.63) is 121 Å². The van der Waals surface area contributed by atoms with Crippen molar-refractivity contribution in [2.45, 2.75) is 18.8 Å². The van der Waals surface area contributed by atoms with Gasteiger partial charge in [-0.2, -0.15) is 11.3 Å². The quantitative estimate of drug-likeness (QED) is 0.180. The van der Waals surface area contributed by atoms with Crippen LogP contribution in [0.2, 0.25) is 0 Å². The van der Waals surface area contributed by atoms with Gasteiger partial charge in [0.2, 0.25) is 0 Å². The maximum absolute atomic E-state index is 8.11. The second kappa shape index (κ2) is 10.6. The van der Waals surface area contributed by atoms with Gasteiger partial charge in [0.25, 0.3) is 0 Å². The molecule has 0 unspecified atom stereocenters. The Bertz CT molecular complexity index is 1770. The third kappa shape index (κ3) is 5.11. The van der Waals surface area contributed by atoms with Gasteiger partial charge in [-0.15, -0.1) is 59.2 Å². The van der Waals surface area contributed by atoms with Gasteiger partial charge in [-0.3, -0.25) is 0 Å². The molecule has 0 spiro atoms. The molecule has 1 aliphatic rings. The van der Waals surface area contributed by atoms with Crippen LogP contribution in [0.25, 0.3) is 42.7 Å². The number of aromatic nitrogens is 2. The van der Waals surface area contributed by atoms with Crippen LogP contribution >= 0.6 is 11.3 Å². The Morgan fingerprint density at radius 3 is 2.54 bits per heavy atom. The van der Waals surface area contributed by atoms with Crippen LogP contribution in [0, 0.1) is 12.1 Å². The topological polar surface area (TPSA) is 25.8 Å². The van der Waals surface area contributed by atoms with Gasteiger partial charge in [0.15, 0.2) is 0 Å². The molecule has 35 heavy (non-hydrogen) atoms. The Kier molecular flexibility index (Phi) is 5.79. The molecule has 1 saturated carbocycles. The molecule has 0 aliphatic heterocycles. The number of nitrogens with zero attached hydrogens (tertiary/aromatic N) is 2. The summed E-state index contributed by atoms with van der Waals surface area (Å²) in [5.41, 5.74) is 4.37. The zero-order chi connectivity index (χ0) is 26.2. The summed E-state index contributed by atoms with van der Waals surface area (Å²) in [5, 5.41) is 2.18. The molecule has 3 aromatic heterocycles. The summed E-state index contributed by atoms with van der Waals surface area (Å²) < 4.78 is 33.4. The van der Waals surface area contributed by atoms with Crippen molar-refractivity contribution in [1.29, 1.82) is 0 Å². The smallest absolute Gasteiger partial charge is 0.0830 e. The van der Waals surface area contributed by atoms with E-state index in [0.717, 1.165) is 37.3 Å². The molecule has 173 valence electrons. The van der Waals surface area contributed by atoms with E-state index in [1.165, 1.54) is 18.4 Å². The van der Waals surface area contributed by atoms with E-state index in [2.05, 4.69) is 40.3 Å². The molecular formula is C31H22IrN2S-2. The van der Waals surface area contributed by atoms with Crippen LogP contribution in [0.3, 0.4) is 0 Å². The molecule has 2 nitrogen and oxygen atoms in total. The molecule has 3 aromatic carbocycles. The molecule has 0 saturated heterocycles.